The smallest absolute Gasteiger partial charge is 0.357 e. The molecule has 130 valence electrons. The minimum absolute atomic E-state index is 0.0937. The van der Waals surface area contributed by atoms with Crippen LogP contribution in [0.5, 0.6) is 0 Å². The number of anilines is 1. The highest BCUT2D eigenvalue weighted by Gasteiger charge is 2.31. The van der Waals surface area contributed by atoms with Crippen LogP contribution in [0.1, 0.15) is 24.8 Å². The van der Waals surface area contributed by atoms with Gasteiger partial charge in [0.15, 0.2) is 5.71 Å². The van der Waals surface area contributed by atoms with Crippen LogP contribution in [-0.4, -0.2) is 47.8 Å². The van der Waals surface area contributed by atoms with E-state index in [4.69, 9.17) is 5.11 Å². The van der Waals surface area contributed by atoms with Crippen molar-refractivity contribution in [3.63, 3.8) is 0 Å². The van der Waals surface area contributed by atoms with Gasteiger partial charge < -0.3 is 10.0 Å². The number of hydrazone groups is 1. The third-order valence-electron chi connectivity index (χ3n) is 4.40. The molecule has 0 aromatic heterocycles. The Morgan fingerprint density at radius 3 is 2.48 bits per heavy atom. The van der Waals surface area contributed by atoms with Crippen molar-refractivity contribution in [2.24, 2.45) is 5.10 Å². The Hall–Kier alpha value is -2.89. The highest BCUT2D eigenvalue weighted by molar-refractivity contribution is 6.50. The number of hydrogen-bond donors (Lipinski definition) is 1. The monoisotopic (exact) mass is 339 g/mol. The molecule has 0 bridgehead atoms. The van der Waals surface area contributed by atoms with Gasteiger partial charge in [-0.2, -0.15) is 5.10 Å². The maximum atomic E-state index is 11.9. The summed E-state index contributed by atoms with van der Waals surface area (Å²) in [5.41, 5.74) is 2.09. The molecule has 2 heterocycles. The Morgan fingerprint density at radius 2 is 1.84 bits per heavy atom. The molecule has 0 aliphatic carbocycles. The molecular weight excluding hydrogens is 318 g/mol. The third kappa shape index (κ3) is 3.79. The van der Waals surface area contributed by atoms with Gasteiger partial charge in [-0.1, -0.05) is 24.3 Å². The Kier molecular flexibility index (Phi) is 4.97. The molecule has 6 heteroatoms. The molecule has 6 nitrogen and oxygen atoms in total. The molecule has 0 saturated carbocycles. The number of amides is 1. The van der Waals surface area contributed by atoms with Crippen LogP contribution in [-0.2, 0) is 9.59 Å². The summed E-state index contributed by atoms with van der Waals surface area (Å²) in [5, 5.41) is 13.9. The van der Waals surface area contributed by atoms with Crippen LogP contribution in [0.15, 0.2) is 47.1 Å². The lowest BCUT2D eigenvalue weighted by molar-refractivity contribution is -0.129. The molecule has 3 rings (SSSR count). The molecule has 1 saturated heterocycles. The summed E-state index contributed by atoms with van der Waals surface area (Å²) >= 11 is 0. The normalized spacial score (nSPS) is 19.8. The van der Waals surface area contributed by atoms with Crippen molar-refractivity contribution in [2.45, 2.75) is 19.3 Å². The number of benzene rings is 1. The summed E-state index contributed by atoms with van der Waals surface area (Å²) in [7, 11) is 1.44. The number of carboxylic acid groups (broad SMARTS) is 1. The zero-order valence-corrected chi connectivity index (χ0v) is 14.2. The maximum Gasteiger partial charge on any atom is 0.357 e. The molecule has 0 atom stereocenters. The first-order valence-corrected chi connectivity index (χ1v) is 8.40. The predicted molar refractivity (Wildman–Crippen MR) is 97.5 cm³/mol. The molecule has 1 N–H and O–H groups in total. The van der Waals surface area contributed by atoms with Crippen LogP contribution in [0.4, 0.5) is 5.69 Å². The number of hydrogen-bond acceptors (Lipinski definition) is 4. The van der Waals surface area contributed by atoms with Gasteiger partial charge in [-0.05, 0) is 43.0 Å². The number of allylic oxidation sites excluding steroid dienone is 2. The summed E-state index contributed by atoms with van der Waals surface area (Å²) in [6, 6.07) is 8.23. The number of carboxylic acids is 1. The number of likely N-dealkylation sites (N-methyl/N-ethyl adjacent to an activating group) is 1. The van der Waals surface area contributed by atoms with E-state index in [2.05, 4.69) is 22.1 Å². The SMILES string of the molecule is CN1N=C(C(=O)O)/C(=C/C=C/c2ccc(N3CCCCC3)cc2)C1=O. The first-order valence-electron chi connectivity index (χ1n) is 8.40. The van der Waals surface area contributed by atoms with Crippen LogP contribution >= 0.6 is 0 Å². The molecule has 2 aliphatic rings. The van der Waals surface area contributed by atoms with Gasteiger partial charge in [0.05, 0.1) is 5.57 Å². The van der Waals surface area contributed by atoms with E-state index >= 15 is 0 Å². The Labute approximate surface area is 146 Å². The lowest BCUT2D eigenvalue weighted by atomic mass is 10.1. The minimum Gasteiger partial charge on any atom is -0.476 e. The third-order valence-corrected chi connectivity index (χ3v) is 4.40. The van der Waals surface area contributed by atoms with Crippen molar-refractivity contribution in [2.75, 3.05) is 25.0 Å². The second-order valence-electron chi connectivity index (χ2n) is 6.16. The average molecular weight is 339 g/mol. The molecule has 25 heavy (non-hydrogen) atoms. The van der Waals surface area contributed by atoms with Gasteiger partial charge in [0, 0.05) is 25.8 Å². The predicted octanol–water partition coefficient (Wildman–Crippen LogP) is 2.53. The second kappa shape index (κ2) is 7.34. The molecule has 0 spiro atoms. The largest absolute Gasteiger partial charge is 0.476 e. The second-order valence-corrected chi connectivity index (χ2v) is 6.16. The van der Waals surface area contributed by atoms with Crippen LogP contribution in [0.3, 0.4) is 0 Å². The van der Waals surface area contributed by atoms with Crippen molar-refractivity contribution >= 4 is 29.4 Å². The van der Waals surface area contributed by atoms with Gasteiger partial charge in [0.1, 0.15) is 0 Å². The summed E-state index contributed by atoms with van der Waals surface area (Å²) < 4.78 is 0. The lowest BCUT2D eigenvalue weighted by Gasteiger charge is -2.28. The van der Waals surface area contributed by atoms with Crippen molar-refractivity contribution < 1.29 is 14.7 Å². The average Bonchev–Trinajstić information content (AvgIpc) is 2.92. The van der Waals surface area contributed by atoms with Crippen LogP contribution in [0.25, 0.3) is 6.08 Å². The first-order chi connectivity index (χ1) is 12.1. The van der Waals surface area contributed by atoms with Gasteiger partial charge in [-0.25, -0.2) is 9.80 Å². The van der Waals surface area contributed by atoms with E-state index in [9.17, 15) is 9.59 Å². The fraction of sp³-hybridized carbons (Fsp3) is 0.316. The number of rotatable bonds is 4. The van der Waals surface area contributed by atoms with Crippen LogP contribution in [0.2, 0.25) is 0 Å². The Balaban J connectivity index is 1.70. The highest BCUT2D eigenvalue weighted by atomic mass is 16.4. The number of nitrogens with zero attached hydrogens (tertiary/aromatic N) is 3. The maximum absolute atomic E-state index is 11.9. The van der Waals surface area contributed by atoms with Gasteiger partial charge >= 0.3 is 5.97 Å². The first kappa shape index (κ1) is 17.0. The number of aliphatic carboxylic acids is 1. The van der Waals surface area contributed by atoms with Crippen LogP contribution < -0.4 is 4.90 Å². The van der Waals surface area contributed by atoms with Crippen molar-refractivity contribution in [3.8, 4) is 0 Å². The number of carbonyl (C=O) groups is 2. The van der Waals surface area contributed by atoms with Crippen molar-refractivity contribution in [1.82, 2.24) is 5.01 Å². The van der Waals surface area contributed by atoms with E-state index in [1.807, 2.05) is 18.2 Å². The van der Waals surface area contributed by atoms with E-state index < -0.39 is 11.9 Å². The molecule has 2 aliphatic heterocycles. The summed E-state index contributed by atoms with van der Waals surface area (Å²) in [6.45, 7) is 2.21. The molecular formula is C19H21N3O3. The highest BCUT2D eigenvalue weighted by Crippen LogP contribution is 2.21. The zero-order chi connectivity index (χ0) is 17.8. The minimum atomic E-state index is -1.21. The summed E-state index contributed by atoms with van der Waals surface area (Å²) in [4.78, 5) is 25.5. The van der Waals surface area contributed by atoms with Gasteiger partial charge in [0.2, 0.25) is 0 Å². The van der Waals surface area contributed by atoms with E-state index in [0.717, 1.165) is 23.7 Å². The molecule has 1 aromatic carbocycles. The van der Waals surface area contributed by atoms with Crippen LogP contribution in [0, 0.1) is 0 Å². The topological polar surface area (TPSA) is 73.2 Å². The standard InChI is InChI=1S/C19H21N3O3/c1-21-18(23)16(17(20-21)19(24)25)7-5-6-14-8-10-15(11-9-14)22-12-3-2-4-13-22/h5-11H,2-4,12-13H2,1H3,(H,24,25)/b6-5+,16-7-. The molecule has 0 radical (unpaired) electrons. The van der Waals surface area contributed by atoms with Gasteiger partial charge in [0.25, 0.3) is 5.91 Å². The fourth-order valence-electron chi connectivity index (χ4n) is 3.04. The van der Waals surface area contributed by atoms with E-state index in [1.165, 1.54) is 38.1 Å². The van der Waals surface area contributed by atoms with E-state index in [-0.39, 0.29) is 11.3 Å². The van der Waals surface area contributed by atoms with Gasteiger partial charge in [-0.15, -0.1) is 0 Å². The van der Waals surface area contributed by atoms with Crippen molar-refractivity contribution in [3.05, 3.63) is 47.6 Å². The quantitative estimate of drug-likeness (QED) is 0.856. The molecule has 1 aromatic rings. The Bertz CT molecular complexity index is 757. The summed E-state index contributed by atoms with van der Waals surface area (Å²) in [5.74, 6) is -1.62. The molecule has 0 unspecified atom stereocenters. The fourth-order valence-corrected chi connectivity index (χ4v) is 3.04. The van der Waals surface area contributed by atoms with Gasteiger partial charge in [-0.3, -0.25) is 4.79 Å². The lowest BCUT2D eigenvalue weighted by Crippen LogP contribution is -2.29. The Morgan fingerprint density at radius 1 is 1.16 bits per heavy atom. The summed E-state index contributed by atoms with van der Waals surface area (Å²) in [6.07, 6.45) is 8.81. The van der Waals surface area contributed by atoms with E-state index in [1.54, 1.807) is 6.08 Å². The number of carbonyl (C=O) groups excluding carboxylic acids is 1. The zero-order valence-electron chi connectivity index (χ0n) is 14.2. The molecule has 1 amide bonds. The van der Waals surface area contributed by atoms with E-state index in [0.29, 0.717) is 0 Å². The van der Waals surface area contributed by atoms with Crippen molar-refractivity contribution in [1.29, 1.82) is 0 Å². The molecule has 1 fully saturated rings. The number of piperidine rings is 1.